The summed E-state index contributed by atoms with van der Waals surface area (Å²) in [5, 5.41) is 12.1. The smallest absolute Gasteiger partial charge is 0.338 e. The summed E-state index contributed by atoms with van der Waals surface area (Å²) in [6.07, 6.45) is 1.62. The van der Waals surface area contributed by atoms with Crippen LogP contribution in [0.4, 0.5) is 5.69 Å². The number of hydrogen-bond donors (Lipinski definition) is 1. The van der Waals surface area contributed by atoms with E-state index in [9.17, 15) is 9.59 Å². The number of fused-ring (bicyclic) bond motifs is 1. The number of amides is 1. The Morgan fingerprint density at radius 1 is 1.22 bits per heavy atom. The number of nitrogens with one attached hydrogen (secondary N) is 1. The predicted molar refractivity (Wildman–Crippen MR) is 101 cm³/mol. The molecule has 0 spiro atoms. The number of halogens is 2. The van der Waals surface area contributed by atoms with E-state index >= 15 is 0 Å². The van der Waals surface area contributed by atoms with Crippen LogP contribution < -0.4 is 10.1 Å². The molecule has 0 unspecified atom stereocenters. The summed E-state index contributed by atoms with van der Waals surface area (Å²) in [7, 11) is 0. The van der Waals surface area contributed by atoms with Crippen molar-refractivity contribution in [2.75, 3.05) is 18.5 Å². The Bertz CT molecular complexity index is 996. The van der Waals surface area contributed by atoms with Crippen molar-refractivity contribution >= 4 is 46.8 Å². The van der Waals surface area contributed by atoms with Crippen molar-refractivity contribution in [3.63, 3.8) is 0 Å². The fraction of sp³-hybridized carbons (Fsp3) is 0.105. The zero-order valence-corrected chi connectivity index (χ0v) is 15.3. The first kappa shape index (κ1) is 18.8. The van der Waals surface area contributed by atoms with Gasteiger partial charge >= 0.3 is 5.97 Å². The van der Waals surface area contributed by atoms with Crippen molar-refractivity contribution in [3.8, 4) is 11.8 Å². The third kappa shape index (κ3) is 4.59. The van der Waals surface area contributed by atoms with E-state index in [1.807, 2.05) is 6.07 Å². The fourth-order valence-electron chi connectivity index (χ4n) is 2.37. The monoisotopic (exact) mass is 402 g/mol. The van der Waals surface area contributed by atoms with Crippen LogP contribution in [0.1, 0.15) is 11.1 Å². The van der Waals surface area contributed by atoms with Gasteiger partial charge in [0.2, 0.25) is 0 Å². The van der Waals surface area contributed by atoms with Gasteiger partial charge < -0.3 is 14.8 Å². The summed E-state index contributed by atoms with van der Waals surface area (Å²) < 4.78 is 10.5. The topological polar surface area (TPSA) is 88.4 Å². The third-order valence-electron chi connectivity index (χ3n) is 3.65. The highest BCUT2D eigenvalue weighted by molar-refractivity contribution is 6.32. The van der Waals surface area contributed by atoms with E-state index in [2.05, 4.69) is 5.32 Å². The van der Waals surface area contributed by atoms with Crippen LogP contribution in [0.3, 0.4) is 0 Å². The standard InChI is InChI=1S/C19H12Cl2N2O4/c20-14-2-4-17-12(6-14)5-13(9-26-17)19(25)27-10-18(24)23-15-3-1-11(8-22)16(21)7-15/h1-7H,9-10H2,(H,23,24). The molecular formula is C19H12Cl2N2O4. The van der Waals surface area contributed by atoms with Gasteiger partial charge in [-0.15, -0.1) is 0 Å². The lowest BCUT2D eigenvalue weighted by Crippen LogP contribution is -2.23. The highest BCUT2D eigenvalue weighted by Gasteiger charge is 2.19. The maximum absolute atomic E-state index is 12.1. The molecule has 0 saturated carbocycles. The molecule has 1 aliphatic heterocycles. The molecule has 0 atom stereocenters. The average Bonchev–Trinajstić information content (AvgIpc) is 2.65. The Hall–Kier alpha value is -3.01. The van der Waals surface area contributed by atoms with Crippen molar-refractivity contribution < 1.29 is 19.1 Å². The second kappa shape index (κ2) is 8.12. The molecule has 3 rings (SSSR count). The second-order valence-electron chi connectivity index (χ2n) is 5.57. The number of anilines is 1. The molecule has 1 amide bonds. The van der Waals surface area contributed by atoms with Gasteiger partial charge in [0.05, 0.1) is 16.2 Å². The molecule has 2 aromatic rings. The van der Waals surface area contributed by atoms with Crippen LogP contribution in [0.25, 0.3) is 6.08 Å². The average molecular weight is 403 g/mol. The molecule has 27 heavy (non-hydrogen) atoms. The van der Waals surface area contributed by atoms with E-state index in [0.717, 1.165) is 0 Å². The number of carbonyl (C=O) groups is 2. The Kier molecular flexibility index (Phi) is 5.65. The van der Waals surface area contributed by atoms with Crippen molar-refractivity contribution in [1.82, 2.24) is 0 Å². The SMILES string of the molecule is N#Cc1ccc(NC(=O)COC(=O)C2=Cc3cc(Cl)ccc3OC2)cc1Cl. The normalized spacial score (nSPS) is 12.1. The molecule has 8 heteroatoms. The third-order valence-corrected chi connectivity index (χ3v) is 4.20. The van der Waals surface area contributed by atoms with E-state index in [-0.39, 0.29) is 17.2 Å². The summed E-state index contributed by atoms with van der Waals surface area (Å²) in [6, 6.07) is 11.5. The van der Waals surface area contributed by atoms with Gasteiger partial charge in [0.25, 0.3) is 5.91 Å². The number of rotatable bonds is 4. The van der Waals surface area contributed by atoms with Crippen LogP contribution in [0.15, 0.2) is 42.0 Å². The number of hydrogen-bond acceptors (Lipinski definition) is 5. The first-order valence-electron chi connectivity index (χ1n) is 7.76. The minimum absolute atomic E-state index is 0.0420. The molecule has 1 heterocycles. The predicted octanol–water partition coefficient (Wildman–Crippen LogP) is 3.82. The summed E-state index contributed by atoms with van der Waals surface area (Å²) in [4.78, 5) is 24.1. The molecule has 0 aromatic heterocycles. The van der Waals surface area contributed by atoms with Crippen LogP contribution in [0.5, 0.6) is 5.75 Å². The van der Waals surface area contributed by atoms with Crippen LogP contribution in [0.2, 0.25) is 10.0 Å². The maximum atomic E-state index is 12.1. The molecule has 0 bridgehead atoms. The molecule has 0 fully saturated rings. The minimum Gasteiger partial charge on any atom is -0.488 e. The summed E-state index contributed by atoms with van der Waals surface area (Å²) >= 11 is 11.8. The van der Waals surface area contributed by atoms with Gasteiger partial charge in [0.15, 0.2) is 6.61 Å². The van der Waals surface area contributed by atoms with Gasteiger partial charge in [-0.05, 0) is 42.5 Å². The molecule has 0 aliphatic carbocycles. The highest BCUT2D eigenvalue weighted by Crippen LogP contribution is 2.29. The molecule has 1 aliphatic rings. The maximum Gasteiger partial charge on any atom is 0.338 e. The number of benzene rings is 2. The van der Waals surface area contributed by atoms with E-state index in [0.29, 0.717) is 27.6 Å². The molecule has 1 N–H and O–H groups in total. The van der Waals surface area contributed by atoms with E-state index in [1.165, 1.54) is 18.2 Å². The van der Waals surface area contributed by atoms with E-state index in [4.69, 9.17) is 37.9 Å². The van der Waals surface area contributed by atoms with Crippen molar-refractivity contribution in [2.24, 2.45) is 0 Å². The Labute approximate surface area is 164 Å². The first-order chi connectivity index (χ1) is 13.0. The van der Waals surface area contributed by atoms with Crippen molar-refractivity contribution in [1.29, 1.82) is 5.26 Å². The Balaban J connectivity index is 1.58. The van der Waals surface area contributed by atoms with Gasteiger partial charge in [-0.3, -0.25) is 4.79 Å². The van der Waals surface area contributed by atoms with Gasteiger partial charge in [0.1, 0.15) is 18.4 Å². The lowest BCUT2D eigenvalue weighted by molar-refractivity contribution is -0.143. The number of esters is 1. The van der Waals surface area contributed by atoms with Crippen LogP contribution >= 0.6 is 23.2 Å². The summed E-state index contributed by atoms with van der Waals surface area (Å²) in [5.74, 6) is -0.579. The molecule has 6 nitrogen and oxygen atoms in total. The zero-order chi connectivity index (χ0) is 19.4. The molecule has 2 aromatic carbocycles. The second-order valence-corrected chi connectivity index (χ2v) is 6.41. The molecular weight excluding hydrogens is 391 g/mol. The largest absolute Gasteiger partial charge is 0.488 e. The lowest BCUT2D eigenvalue weighted by atomic mass is 10.1. The first-order valence-corrected chi connectivity index (χ1v) is 8.51. The van der Waals surface area contributed by atoms with Gasteiger partial charge in [-0.25, -0.2) is 4.79 Å². The fourth-order valence-corrected chi connectivity index (χ4v) is 2.77. The van der Waals surface area contributed by atoms with Gasteiger partial charge in [0, 0.05) is 16.3 Å². The lowest BCUT2D eigenvalue weighted by Gasteiger charge is -2.17. The number of nitrogens with zero attached hydrogens (tertiary/aromatic N) is 1. The summed E-state index contributed by atoms with van der Waals surface area (Å²) in [6.45, 7) is -0.434. The molecule has 0 saturated heterocycles. The highest BCUT2D eigenvalue weighted by atomic mass is 35.5. The quantitative estimate of drug-likeness (QED) is 0.785. The van der Waals surface area contributed by atoms with Gasteiger partial charge in [-0.2, -0.15) is 5.26 Å². The van der Waals surface area contributed by atoms with Gasteiger partial charge in [-0.1, -0.05) is 23.2 Å². The van der Waals surface area contributed by atoms with Crippen LogP contribution in [-0.4, -0.2) is 25.1 Å². The van der Waals surface area contributed by atoms with E-state index < -0.39 is 18.5 Å². The molecule has 136 valence electrons. The molecule has 0 radical (unpaired) electrons. The number of nitriles is 1. The van der Waals surface area contributed by atoms with Crippen LogP contribution in [0, 0.1) is 11.3 Å². The van der Waals surface area contributed by atoms with Crippen LogP contribution in [-0.2, 0) is 14.3 Å². The van der Waals surface area contributed by atoms with Crippen molar-refractivity contribution in [3.05, 3.63) is 63.1 Å². The van der Waals surface area contributed by atoms with E-state index in [1.54, 1.807) is 24.3 Å². The number of ether oxygens (including phenoxy) is 2. The Morgan fingerprint density at radius 3 is 2.78 bits per heavy atom. The summed E-state index contributed by atoms with van der Waals surface area (Å²) in [5.41, 5.74) is 1.63. The zero-order valence-electron chi connectivity index (χ0n) is 13.8. The number of carbonyl (C=O) groups excluding carboxylic acids is 2. The van der Waals surface area contributed by atoms with Crippen molar-refractivity contribution in [2.45, 2.75) is 0 Å². The Morgan fingerprint density at radius 2 is 2.04 bits per heavy atom. The minimum atomic E-state index is -0.659.